The number of rotatable bonds is 0. The van der Waals surface area contributed by atoms with Crippen LogP contribution in [0.3, 0.4) is 0 Å². The summed E-state index contributed by atoms with van der Waals surface area (Å²) in [5, 5.41) is 2.49. The molecular formula is C6H4Cl3P. The van der Waals surface area contributed by atoms with Gasteiger partial charge in [0.05, 0.1) is 10.0 Å². The second kappa shape index (κ2) is 3.28. The van der Waals surface area contributed by atoms with Gasteiger partial charge in [-0.25, -0.2) is 0 Å². The maximum absolute atomic E-state index is 5.73. The normalized spacial score (nSPS) is 10.0. The van der Waals surface area contributed by atoms with Gasteiger partial charge in [-0.3, -0.25) is 0 Å². The summed E-state index contributed by atoms with van der Waals surface area (Å²) in [5.41, 5.74) is 0. The van der Waals surface area contributed by atoms with E-state index in [1.165, 1.54) is 0 Å². The van der Waals surface area contributed by atoms with Crippen LogP contribution in [0.2, 0.25) is 15.1 Å². The Balaban J connectivity index is 3.31. The summed E-state index contributed by atoms with van der Waals surface area (Å²) in [6.45, 7) is 0. The van der Waals surface area contributed by atoms with E-state index in [9.17, 15) is 0 Å². The lowest BCUT2D eigenvalue weighted by atomic mass is 10.4. The molecule has 1 aromatic carbocycles. The van der Waals surface area contributed by atoms with Crippen molar-refractivity contribution >= 4 is 49.3 Å². The van der Waals surface area contributed by atoms with Crippen molar-refractivity contribution in [2.24, 2.45) is 0 Å². The summed E-state index contributed by atoms with van der Waals surface area (Å²) in [6, 6.07) is 3.30. The molecule has 0 aliphatic heterocycles. The van der Waals surface area contributed by atoms with E-state index in [2.05, 4.69) is 9.24 Å². The van der Waals surface area contributed by atoms with Gasteiger partial charge in [0, 0.05) is 10.3 Å². The highest BCUT2D eigenvalue weighted by atomic mass is 35.5. The topological polar surface area (TPSA) is 0 Å². The van der Waals surface area contributed by atoms with E-state index in [0.29, 0.717) is 15.1 Å². The molecule has 0 heterocycles. The lowest BCUT2D eigenvalue weighted by Gasteiger charge is -1.99. The van der Waals surface area contributed by atoms with Gasteiger partial charge in [0.1, 0.15) is 0 Å². The fourth-order valence-corrected chi connectivity index (χ4v) is 1.54. The third-order valence-corrected chi connectivity index (χ3v) is 2.88. The van der Waals surface area contributed by atoms with Crippen molar-refractivity contribution < 1.29 is 0 Å². The van der Waals surface area contributed by atoms with Crippen molar-refractivity contribution in [3.05, 3.63) is 27.2 Å². The molecule has 0 N–H and O–H groups in total. The van der Waals surface area contributed by atoms with Crippen LogP contribution in [0.15, 0.2) is 12.1 Å². The fourth-order valence-electron chi connectivity index (χ4n) is 0.553. The van der Waals surface area contributed by atoms with Gasteiger partial charge in [-0.1, -0.05) is 34.8 Å². The van der Waals surface area contributed by atoms with Crippen LogP contribution in [0.5, 0.6) is 0 Å². The summed E-state index contributed by atoms with van der Waals surface area (Å²) in [4.78, 5) is 0. The number of benzene rings is 1. The Morgan fingerprint density at radius 3 is 1.80 bits per heavy atom. The monoisotopic (exact) mass is 212 g/mol. The highest BCUT2D eigenvalue weighted by molar-refractivity contribution is 7.28. The van der Waals surface area contributed by atoms with Crippen molar-refractivity contribution in [1.29, 1.82) is 0 Å². The van der Waals surface area contributed by atoms with Crippen molar-refractivity contribution in [3.63, 3.8) is 0 Å². The molecule has 0 nitrogen and oxygen atoms in total. The van der Waals surface area contributed by atoms with E-state index in [1.807, 2.05) is 0 Å². The van der Waals surface area contributed by atoms with Crippen molar-refractivity contribution in [2.45, 2.75) is 0 Å². The minimum Gasteiger partial charge on any atom is -0.102 e. The Bertz CT molecular complexity index is 236. The Morgan fingerprint density at radius 1 is 1.00 bits per heavy atom. The lowest BCUT2D eigenvalue weighted by molar-refractivity contribution is 1.77. The van der Waals surface area contributed by atoms with E-state index in [0.717, 1.165) is 5.30 Å². The molecule has 0 aromatic heterocycles. The minimum atomic E-state index is 0.557. The maximum atomic E-state index is 5.73. The molecule has 1 aromatic rings. The summed E-state index contributed by atoms with van der Waals surface area (Å²) in [5.74, 6) is 0. The van der Waals surface area contributed by atoms with E-state index in [1.54, 1.807) is 12.1 Å². The summed E-state index contributed by atoms with van der Waals surface area (Å²) in [7, 11) is 2.44. The molecule has 0 amide bonds. The van der Waals surface area contributed by atoms with Crippen LogP contribution in [0.25, 0.3) is 0 Å². The largest absolute Gasteiger partial charge is 0.102 e. The molecule has 10 heavy (non-hydrogen) atoms. The molecule has 0 bridgehead atoms. The van der Waals surface area contributed by atoms with Gasteiger partial charge in [0.15, 0.2) is 0 Å². The first kappa shape index (κ1) is 8.62. The molecule has 4 heteroatoms. The van der Waals surface area contributed by atoms with Gasteiger partial charge in [-0.2, -0.15) is 0 Å². The SMILES string of the molecule is Pc1c(Cl)cc(Cl)cc1Cl. The van der Waals surface area contributed by atoms with Gasteiger partial charge in [-0.15, -0.1) is 9.24 Å². The molecule has 54 valence electrons. The van der Waals surface area contributed by atoms with E-state index >= 15 is 0 Å². The minimum absolute atomic E-state index is 0.557. The zero-order valence-corrected chi connectivity index (χ0v) is 8.29. The predicted octanol–water partition coefficient (Wildman–Crippen LogP) is 3.15. The number of hydrogen-bond donors (Lipinski definition) is 0. The van der Waals surface area contributed by atoms with Crippen LogP contribution in [0, 0.1) is 0 Å². The second-order valence-electron chi connectivity index (χ2n) is 1.78. The quantitative estimate of drug-likeness (QED) is 0.581. The zero-order valence-electron chi connectivity index (χ0n) is 4.87. The summed E-state index contributed by atoms with van der Waals surface area (Å²) < 4.78 is 0. The molecule has 0 aliphatic rings. The Hall–Kier alpha value is 0.520. The third-order valence-electron chi connectivity index (χ3n) is 1.04. The summed E-state index contributed by atoms with van der Waals surface area (Å²) in [6.07, 6.45) is 0. The first-order valence-electron chi connectivity index (χ1n) is 2.51. The Kier molecular flexibility index (Phi) is 2.82. The zero-order chi connectivity index (χ0) is 7.72. The number of hydrogen-bond acceptors (Lipinski definition) is 0. The molecular weight excluding hydrogens is 209 g/mol. The first-order valence-corrected chi connectivity index (χ1v) is 4.22. The van der Waals surface area contributed by atoms with Gasteiger partial charge in [0.2, 0.25) is 0 Å². The highest BCUT2D eigenvalue weighted by Crippen LogP contribution is 2.22. The molecule has 1 unspecified atom stereocenters. The van der Waals surface area contributed by atoms with Crippen LogP contribution >= 0.6 is 44.0 Å². The molecule has 0 saturated carbocycles. The smallest absolute Gasteiger partial charge is 0.0507 e. The number of halogens is 3. The van der Waals surface area contributed by atoms with Gasteiger partial charge < -0.3 is 0 Å². The van der Waals surface area contributed by atoms with E-state index in [4.69, 9.17) is 34.8 Å². The molecule has 0 spiro atoms. The van der Waals surface area contributed by atoms with Crippen LogP contribution < -0.4 is 5.30 Å². The standard InChI is InChI=1S/C6H4Cl3P/c7-3-1-4(8)6(10)5(9)2-3/h1-2H,10H2. The average Bonchev–Trinajstić information content (AvgIpc) is 1.82. The first-order chi connectivity index (χ1) is 4.61. The molecule has 1 rings (SSSR count). The molecule has 1 atom stereocenters. The Morgan fingerprint density at radius 2 is 1.40 bits per heavy atom. The van der Waals surface area contributed by atoms with Gasteiger partial charge in [0.25, 0.3) is 0 Å². The van der Waals surface area contributed by atoms with Gasteiger partial charge >= 0.3 is 0 Å². The van der Waals surface area contributed by atoms with Crippen LogP contribution in [-0.4, -0.2) is 0 Å². The average molecular weight is 213 g/mol. The fraction of sp³-hybridized carbons (Fsp3) is 0. The molecule has 0 fully saturated rings. The van der Waals surface area contributed by atoms with Crippen molar-refractivity contribution in [2.75, 3.05) is 0 Å². The maximum Gasteiger partial charge on any atom is 0.0507 e. The lowest BCUT2D eigenvalue weighted by Crippen LogP contribution is -1.93. The van der Waals surface area contributed by atoms with Crippen LogP contribution in [0.1, 0.15) is 0 Å². The summed E-state index contributed by atoms with van der Waals surface area (Å²) >= 11 is 17.1. The second-order valence-corrected chi connectivity index (χ2v) is 3.61. The predicted molar refractivity (Wildman–Crippen MR) is 50.8 cm³/mol. The Labute approximate surface area is 76.7 Å². The molecule has 0 saturated heterocycles. The van der Waals surface area contributed by atoms with E-state index < -0.39 is 0 Å². The van der Waals surface area contributed by atoms with E-state index in [-0.39, 0.29) is 0 Å². The van der Waals surface area contributed by atoms with Crippen LogP contribution in [-0.2, 0) is 0 Å². The van der Waals surface area contributed by atoms with Crippen molar-refractivity contribution in [3.8, 4) is 0 Å². The highest BCUT2D eigenvalue weighted by Gasteiger charge is 2.01. The van der Waals surface area contributed by atoms with Crippen molar-refractivity contribution in [1.82, 2.24) is 0 Å². The molecule has 0 radical (unpaired) electrons. The molecule has 0 aliphatic carbocycles. The third kappa shape index (κ3) is 1.77. The van der Waals surface area contributed by atoms with Crippen LogP contribution in [0.4, 0.5) is 0 Å². The van der Waals surface area contributed by atoms with Gasteiger partial charge in [-0.05, 0) is 12.1 Å².